The lowest BCUT2D eigenvalue weighted by Gasteiger charge is -2.26. The Labute approximate surface area is 123 Å². The van der Waals surface area contributed by atoms with Gasteiger partial charge >= 0.3 is 0 Å². The van der Waals surface area contributed by atoms with Crippen molar-refractivity contribution in [2.75, 3.05) is 12.8 Å². The quantitative estimate of drug-likeness (QED) is 0.906. The van der Waals surface area contributed by atoms with Crippen molar-refractivity contribution in [1.29, 1.82) is 0 Å². The minimum Gasteiger partial charge on any atom is -0.263 e. The van der Waals surface area contributed by atoms with Crippen molar-refractivity contribution in [2.24, 2.45) is 0 Å². The third kappa shape index (κ3) is 3.42. The Balaban J connectivity index is 2.12. The van der Waals surface area contributed by atoms with Crippen molar-refractivity contribution >= 4 is 33.4 Å². The number of nitrogens with one attached hydrogen (secondary N) is 1. The number of hydrogen-bond donors (Lipinski definition) is 1. The molecule has 1 saturated carbocycles. The van der Waals surface area contributed by atoms with E-state index in [0.717, 1.165) is 25.7 Å². The fourth-order valence-electron chi connectivity index (χ4n) is 2.34. The summed E-state index contributed by atoms with van der Waals surface area (Å²) in [4.78, 5) is 3.87. The predicted octanol–water partition coefficient (Wildman–Crippen LogP) is 2.69. The summed E-state index contributed by atoms with van der Waals surface area (Å²) in [6.45, 7) is 0.446. The summed E-state index contributed by atoms with van der Waals surface area (Å²) in [7, 11) is -3.58. The molecular formula is C12H17ClN2O2S2. The van der Waals surface area contributed by atoms with E-state index in [9.17, 15) is 8.42 Å². The molecule has 0 amide bonds. The van der Waals surface area contributed by atoms with Crippen molar-refractivity contribution in [2.45, 2.75) is 35.3 Å². The van der Waals surface area contributed by atoms with Gasteiger partial charge in [0.15, 0.2) is 0 Å². The molecule has 1 aliphatic carbocycles. The van der Waals surface area contributed by atoms with Crippen LogP contribution >= 0.6 is 23.4 Å². The zero-order valence-corrected chi connectivity index (χ0v) is 13.1. The van der Waals surface area contributed by atoms with Gasteiger partial charge in [0.2, 0.25) is 10.0 Å². The summed E-state index contributed by atoms with van der Waals surface area (Å²) < 4.78 is 27.2. The lowest BCUT2D eigenvalue weighted by molar-refractivity contribution is 0.551. The third-order valence-electron chi connectivity index (χ3n) is 3.56. The highest BCUT2D eigenvalue weighted by atomic mass is 35.5. The summed E-state index contributed by atoms with van der Waals surface area (Å²) in [5, 5.41) is 0.201. The van der Waals surface area contributed by atoms with Crippen molar-refractivity contribution in [3.63, 3.8) is 0 Å². The molecule has 4 nitrogen and oxygen atoms in total. The number of aromatic nitrogens is 1. The maximum atomic E-state index is 12.2. The zero-order valence-electron chi connectivity index (χ0n) is 10.7. The Morgan fingerprint density at radius 3 is 2.74 bits per heavy atom. The molecule has 0 unspecified atom stereocenters. The van der Waals surface area contributed by atoms with Crippen LogP contribution in [0.4, 0.5) is 0 Å². The molecule has 2 rings (SSSR count). The molecule has 1 aromatic rings. The summed E-state index contributed by atoms with van der Waals surface area (Å²) in [6.07, 6.45) is 9.23. The second kappa shape index (κ2) is 5.99. The molecule has 106 valence electrons. The molecule has 1 heterocycles. The molecule has 1 N–H and O–H groups in total. The largest absolute Gasteiger partial charge is 0.263 e. The Kier molecular flexibility index (Phi) is 4.76. The highest BCUT2D eigenvalue weighted by Crippen LogP contribution is 2.39. The Bertz CT molecular complexity index is 542. The van der Waals surface area contributed by atoms with Crippen molar-refractivity contribution < 1.29 is 8.42 Å². The van der Waals surface area contributed by atoms with Crippen LogP contribution in [0.1, 0.15) is 25.7 Å². The van der Waals surface area contributed by atoms with Gasteiger partial charge in [0.05, 0.1) is 5.02 Å². The van der Waals surface area contributed by atoms with E-state index in [1.807, 2.05) is 6.26 Å². The number of rotatable bonds is 5. The smallest absolute Gasteiger partial charge is 0.243 e. The molecule has 7 heteroatoms. The van der Waals surface area contributed by atoms with E-state index in [1.165, 1.54) is 18.5 Å². The van der Waals surface area contributed by atoms with Gasteiger partial charge in [0.25, 0.3) is 0 Å². The van der Waals surface area contributed by atoms with Crippen molar-refractivity contribution in [1.82, 2.24) is 9.71 Å². The molecular weight excluding hydrogens is 304 g/mol. The second-order valence-electron chi connectivity index (χ2n) is 4.72. The molecule has 1 aromatic heterocycles. The predicted molar refractivity (Wildman–Crippen MR) is 79.1 cm³/mol. The van der Waals surface area contributed by atoms with Crippen LogP contribution in [-0.4, -0.2) is 30.9 Å². The van der Waals surface area contributed by atoms with Gasteiger partial charge in [-0.3, -0.25) is 4.98 Å². The third-order valence-corrected chi connectivity index (χ3v) is 6.84. The molecule has 19 heavy (non-hydrogen) atoms. The maximum absolute atomic E-state index is 12.2. The van der Waals surface area contributed by atoms with E-state index in [0.29, 0.717) is 6.54 Å². The van der Waals surface area contributed by atoms with Crippen LogP contribution in [0.15, 0.2) is 23.4 Å². The summed E-state index contributed by atoms with van der Waals surface area (Å²) in [5.74, 6) is 0. The lowest BCUT2D eigenvalue weighted by Crippen LogP contribution is -2.38. The van der Waals surface area contributed by atoms with Gasteiger partial charge in [-0.15, -0.1) is 0 Å². The van der Waals surface area contributed by atoms with Crippen LogP contribution in [0, 0.1) is 0 Å². The first-order valence-corrected chi connectivity index (χ1v) is 9.22. The standard InChI is InChI=1S/C12H17ClN2O2S2/c1-18-12(5-2-3-6-12)9-15-19(16,17)11-8-14-7-4-10(11)13/h4,7-8,15H,2-3,5-6,9H2,1H3. The maximum Gasteiger partial charge on any atom is 0.243 e. The van der Waals surface area contributed by atoms with Gasteiger partial charge in [0, 0.05) is 23.7 Å². The van der Waals surface area contributed by atoms with E-state index in [4.69, 9.17) is 11.6 Å². The molecule has 0 aromatic carbocycles. The zero-order chi connectivity index (χ0) is 13.9. The molecule has 1 fully saturated rings. The molecule has 0 spiro atoms. The van der Waals surface area contributed by atoms with Crippen LogP contribution in [0.3, 0.4) is 0 Å². The minimum atomic E-state index is -3.58. The van der Waals surface area contributed by atoms with Gasteiger partial charge in [-0.25, -0.2) is 13.1 Å². The van der Waals surface area contributed by atoms with Gasteiger partial charge in [-0.2, -0.15) is 11.8 Å². The van der Waals surface area contributed by atoms with Gasteiger partial charge in [-0.05, 0) is 25.2 Å². The first kappa shape index (κ1) is 15.1. The van der Waals surface area contributed by atoms with E-state index >= 15 is 0 Å². The Hall–Kier alpha value is -0.300. The Morgan fingerprint density at radius 2 is 2.16 bits per heavy atom. The van der Waals surface area contributed by atoms with Crippen LogP contribution in [0.25, 0.3) is 0 Å². The minimum absolute atomic E-state index is 0.0295. The summed E-state index contributed by atoms with van der Waals surface area (Å²) in [6, 6.07) is 1.48. The average molecular weight is 321 g/mol. The van der Waals surface area contributed by atoms with Gasteiger partial charge < -0.3 is 0 Å². The number of sulfonamides is 1. The first-order chi connectivity index (χ1) is 8.99. The van der Waals surface area contributed by atoms with E-state index in [1.54, 1.807) is 11.8 Å². The van der Waals surface area contributed by atoms with E-state index < -0.39 is 10.0 Å². The fourth-order valence-corrected chi connectivity index (χ4v) is 4.90. The second-order valence-corrected chi connectivity index (χ2v) is 8.14. The molecule has 0 radical (unpaired) electrons. The molecule has 0 bridgehead atoms. The number of hydrogen-bond acceptors (Lipinski definition) is 4. The van der Waals surface area contributed by atoms with Crippen LogP contribution in [-0.2, 0) is 10.0 Å². The number of nitrogens with zero attached hydrogens (tertiary/aromatic N) is 1. The SMILES string of the molecule is CSC1(CNS(=O)(=O)c2cnccc2Cl)CCCC1. The highest BCUT2D eigenvalue weighted by Gasteiger charge is 2.34. The molecule has 1 aliphatic rings. The molecule has 0 aliphatic heterocycles. The number of pyridine rings is 1. The van der Waals surface area contributed by atoms with Gasteiger partial charge in [-0.1, -0.05) is 24.4 Å². The molecule has 0 saturated heterocycles. The first-order valence-electron chi connectivity index (χ1n) is 6.13. The van der Waals surface area contributed by atoms with Crippen molar-refractivity contribution in [3.05, 3.63) is 23.5 Å². The highest BCUT2D eigenvalue weighted by molar-refractivity contribution is 8.00. The average Bonchev–Trinajstić information content (AvgIpc) is 2.86. The Morgan fingerprint density at radius 1 is 1.47 bits per heavy atom. The van der Waals surface area contributed by atoms with E-state index in [-0.39, 0.29) is 14.7 Å². The van der Waals surface area contributed by atoms with E-state index in [2.05, 4.69) is 9.71 Å². The fraction of sp³-hybridized carbons (Fsp3) is 0.583. The topological polar surface area (TPSA) is 59.1 Å². The monoisotopic (exact) mass is 320 g/mol. The lowest BCUT2D eigenvalue weighted by atomic mass is 10.1. The van der Waals surface area contributed by atoms with Crippen LogP contribution < -0.4 is 4.72 Å². The van der Waals surface area contributed by atoms with Crippen molar-refractivity contribution in [3.8, 4) is 0 Å². The van der Waals surface area contributed by atoms with Crippen LogP contribution in [0.5, 0.6) is 0 Å². The molecule has 0 atom stereocenters. The van der Waals surface area contributed by atoms with Gasteiger partial charge in [0.1, 0.15) is 4.90 Å². The van der Waals surface area contributed by atoms with Crippen LogP contribution in [0.2, 0.25) is 5.02 Å². The normalized spacial score (nSPS) is 18.6. The summed E-state index contributed by atoms with van der Waals surface area (Å²) in [5.41, 5.74) is 0. The number of halogens is 1. The number of thioether (sulfide) groups is 1. The summed E-state index contributed by atoms with van der Waals surface area (Å²) >= 11 is 7.65.